The first-order valence-electron chi connectivity index (χ1n) is 8.63. The minimum atomic E-state index is -0.319. The maximum absolute atomic E-state index is 11.5. The van der Waals surface area contributed by atoms with Gasteiger partial charge in [0.05, 0.1) is 0 Å². The van der Waals surface area contributed by atoms with Crippen LogP contribution in [0.25, 0.3) is 0 Å². The normalized spacial score (nSPS) is 10.7. The largest absolute Gasteiger partial charge is 0.445 e. The Morgan fingerprint density at radius 1 is 1.00 bits per heavy atom. The quantitative estimate of drug-likeness (QED) is 0.563. The second-order valence-corrected chi connectivity index (χ2v) is 6.29. The first-order valence-corrected chi connectivity index (χ1v) is 8.63. The molecule has 0 saturated heterocycles. The minimum absolute atomic E-state index is 0.319. The number of benzene rings is 1. The van der Waals surface area contributed by atoms with E-state index in [4.69, 9.17) is 4.74 Å². The molecule has 0 aliphatic carbocycles. The summed E-state index contributed by atoms with van der Waals surface area (Å²) in [4.78, 5) is 11.5. The Morgan fingerprint density at radius 2 is 1.64 bits per heavy atom. The number of amides is 1. The molecule has 0 spiro atoms. The molecule has 1 N–H and O–H groups in total. The standard InChI is InChI=1S/C19H31NO2/c1-17(2)12-8-5-3-4-6-11-15-20-19(21)22-16-18-13-9-7-10-14-18/h7,9-10,13-14,17H,3-6,8,11-12,15-16H2,1-2H3,(H,20,21). The van der Waals surface area contributed by atoms with Gasteiger partial charge in [0.1, 0.15) is 6.61 Å². The van der Waals surface area contributed by atoms with Crippen molar-refractivity contribution >= 4 is 6.09 Å². The van der Waals surface area contributed by atoms with Gasteiger partial charge in [-0.25, -0.2) is 4.79 Å². The first kappa shape index (κ1) is 18.5. The number of hydrogen-bond donors (Lipinski definition) is 1. The van der Waals surface area contributed by atoms with Crippen LogP contribution >= 0.6 is 0 Å². The van der Waals surface area contributed by atoms with E-state index < -0.39 is 0 Å². The molecule has 0 aromatic heterocycles. The summed E-state index contributed by atoms with van der Waals surface area (Å²) in [6.07, 6.45) is 8.50. The third-order valence-electron chi connectivity index (χ3n) is 3.69. The zero-order valence-electron chi connectivity index (χ0n) is 14.1. The van der Waals surface area contributed by atoms with Gasteiger partial charge in [-0.1, -0.05) is 82.7 Å². The molecule has 124 valence electrons. The van der Waals surface area contributed by atoms with Gasteiger partial charge in [-0.3, -0.25) is 0 Å². The van der Waals surface area contributed by atoms with Crippen LogP contribution in [0.2, 0.25) is 0 Å². The molecule has 0 radical (unpaired) electrons. The molecule has 1 amide bonds. The number of nitrogens with one attached hydrogen (secondary N) is 1. The van der Waals surface area contributed by atoms with Gasteiger partial charge in [0.25, 0.3) is 0 Å². The highest BCUT2D eigenvalue weighted by Crippen LogP contribution is 2.11. The van der Waals surface area contributed by atoms with Crippen LogP contribution in [0, 0.1) is 5.92 Å². The average molecular weight is 305 g/mol. The predicted molar refractivity (Wildman–Crippen MR) is 91.8 cm³/mol. The third kappa shape index (κ3) is 10.3. The molecule has 0 atom stereocenters. The van der Waals surface area contributed by atoms with Crippen molar-refractivity contribution in [2.45, 2.75) is 65.4 Å². The zero-order valence-corrected chi connectivity index (χ0v) is 14.1. The van der Waals surface area contributed by atoms with Crippen molar-refractivity contribution in [3.63, 3.8) is 0 Å². The van der Waals surface area contributed by atoms with Crippen LogP contribution in [0.5, 0.6) is 0 Å². The van der Waals surface area contributed by atoms with Crippen molar-refractivity contribution < 1.29 is 9.53 Å². The maximum atomic E-state index is 11.5. The highest BCUT2D eigenvalue weighted by molar-refractivity contribution is 5.67. The highest BCUT2D eigenvalue weighted by Gasteiger charge is 2.01. The van der Waals surface area contributed by atoms with E-state index in [-0.39, 0.29) is 6.09 Å². The van der Waals surface area contributed by atoms with Gasteiger partial charge < -0.3 is 10.1 Å². The van der Waals surface area contributed by atoms with Gasteiger partial charge in [0.2, 0.25) is 0 Å². The number of ether oxygens (including phenoxy) is 1. The number of alkyl carbamates (subject to hydrolysis) is 1. The molecule has 0 fully saturated rings. The van der Waals surface area contributed by atoms with Crippen LogP contribution in [0.4, 0.5) is 4.79 Å². The molecule has 0 aliphatic heterocycles. The topological polar surface area (TPSA) is 38.3 Å². The lowest BCUT2D eigenvalue weighted by Crippen LogP contribution is -2.25. The molecular formula is C19H31NO2. The molecule has 0 heterocycles. The molecule has 22 heavy (non-hydrogen) atoms. The van der Waals surface area contributed by atoms with Crippen LogP contribution in [-0.2, 0) is 11.3 Å². The van der Waals surface area contributed by atoms with E-state index in [1.165, 1.54) is 38.5 Å². The smallest absolute Gasteiger partial charge is 0.407 e. The molecule has 1 rings (SSSR count). The maximum Gasteiger partial charge on any atom is 0.407 e. The summed E-state index contributed by atoms with van der Waals surface area (Å²) >= 11 is 0. The van der Waals surface area contributed by atoms with E-state index in [0.717, 1.165) is 17.9 Å². The van der Waals surface area contributed by atoms with E-state index in [1.54, 1.807) is 0 Å². The van der Waals surface area contributed by atoms with Crippen molar-refractivity contribution in [1.82, 2.24) is 5.32 Å². The summed E-state index contributed by atoms with van der Waals surface area (Å²) in [5.74, 6) is 0.825. The molecule has 0 saturated carbocycles. The molecule has 3 nitrogen and oxygen atoms in total. The van der Waals surface area contributed by atoms with Crippen LogP contribution in [0.3, 0.4) is 0 Å². The zero-order chi connectivity index (χ0) is 16.0. The van der Waals surface area contributed by atoms with Crippen LogP contribution in [0.1, 0.15) is 64.4 Å². The lowest BCUT2D eigenvalue weighted by atomic mass is 10.0. The van der Waals surface area contributed by atoms with Crippen molar-refractivity contribution in [3.8, 4) is 0 Å². The summed E-state index contributed by atoms with van der Waals surface area (Å²) in [5.41, 5.74) is 1.01. The second-order valence-electron chi connectivity index (χ2n) is 6.29. The molecule has 0 aliphatic rings. The van der Waals surface area contributed by atoms with E-state index in [2.05, 4.69) is 19.2 Å². The van der Waals surface area contributed by atoms with Gasteiger partial charge in [-0.05, 0) is 17.9 Å². The van der Waals surface area contributed by atoms with Gasteiger partial charge >= 0.3 is 6.09 Å². The van der Waals surface area contributed by atoms with E-state index in [0.29, 0.717) is 13.2 Å². The molecular weight excluding hydrogens is 274 g/mol. The summed E-state index contributed by atoms with van der Waals surface area (Å²) in [5, 5.41) is 2.81. The highest BCUT2D eigenvalue weighted by atomic mass is 16.5. The van der Waals surface area contributed by atoms with Crippen LogP contribution < -0.4 is 5.32 Å². The molecule has 0 unspecified atom stereocenters. The Hall–Kier alpha value is -1.51. The van der Waals surface area contributed by atoms with Crippen molar-refractivity contribution in [1.29, 1.82) is 0 Å². The number of carbonyl (C=O) groups is 1. The van der Waals surface area contributed by atoms with Crippen molar-refractivity contribution in [3.05, 3.63) is 35.9 Å². The summed E-state index contributed by atoms with van der Waals surface area (Å²) in [7, 11) is 0. The molecule has 1 aromatic rings. The van der Waals surface area contributed by atoms with Crippen LogP contribution in [0.15, 0.2) is 30.3 Å². The monoisotopic (exact) mass is 305 g/mol. The summed E-state index contributed by atoms with van der Waals surface area (Å²) in [6, 6.07) is 9.74. The number of carbonyl (C=O) groups excluding carboxylic acids is 1. The Morgan fingerprint density at radius 3 is 2.32 bits per heavy atom. The summed E-state index contributed by atoms with van der Waals surface area (Å²) < 4.78 is 5.16. The van der Waals surface area contributed by atoms with Gasteiger partial charge in [0, 0.05) is 6.54 Å². The minimum Gasteiger partial charge on any atom is -0.445 e. The van der Waals surface area contributed by atoms with Crippen molar-refractivity contribution in [2.75, 3.05) is 6.54 Å². The van der Waals surface area contributed by atoms with Gasteiger partial charge in [0.15, 0.2) is 0 Å². The second kappa shape index (κ2) is 12.1. The summed E-state index contributed by atoms with van der Waals surface area (Å²) in [6.45, 7) is 5.60. The molecule has 0 bridgehead atoms. The Labute approximate surface area is 135 Å². The number of unbranched alkanes of at least 4 members (excludes halogenated alkanes) is 5. The fraction of sp³-hybridized carbons (Fsp3) is 0.632. The van der Waals surface area contributed by atoms with Crippen molar-refractivity contribution in [2.24, 2.45) is 5.92 Å². The lowest BCUT2D eigenvalue weighted by molar-refractivity contribution is 0.139. The number of hydrogen-bond acceptors (Lipinski definition) is 2. The van der Waals surface area contributed by atoms with E-state index in [9.17, 15) is 4.79 Å². The van der Waals surface area contributed by atoms with Gasteiger partial charge in [-0.2, -0.15) is 0 Å². The molecule has 3 heteroatoms. The lowest BCUT2D eigenvalue weighted by Gasteiger charge is -2.07. The first-order chi connectivity index (χ1) is 10.7. The molecule has 1 aromatic carbocycles. The third-order valence-corrected chi connectivity index (χ3v) is 3.69. The van der Waals surface area contributed by atoms with Gasteiger partial charge in [-0.15, -0.1) is 0 Å². The Kier molecular flexibility index (Phi) is 10.2. The van der Waals surface area contributed by atoms with E-state index >= 15 is 0 Å². The SMILES string of the molecule is CC(C)CCCCCCCCNC(=O)OCc1ccccc1. The Bertz CT molecular complexity index is 390. The fourth-order valence-electron chi connectivity index (χ4n) is 2.35. The van der Waals surface area contributed by atoms with Crippen LogP contribution in [-0.4, -0.2) is 12.6 Å². The Balaban J connectivity index is 1.89. The number of rotatable bonds is 11. The average Bonchev–Trinajstić information content (AvgIpc) is 2.52. The fourth-order valence-corrected chi connectivity index (χ4v) is 2.35. The van der Waals surface area contributed by atoms with E-state index in [1.807, 2.05) is 30.3 Å². The predicted octanol–water partition coefficient (Wildman–Crippen LogP) is 5.30.